The maximum Gasteiger partial charge on any atom is 0.168 e. The standard InChI is InChI=1S/C23H20FNO2/c24-15-17-27-22-12-10-21(11-13-22)25-16-14-23(26)20-8-6-19(7-9-20)18-4-2-1-3-5-18/h1-13,16H,14-15,17H2/i24-1. The number of hydrogen-bond donors (Lipinski definition) is 0. The number of ether oxygens (including phenoxy) is 1. The van der Waals surface area contributed by atoms with E-state index in [4.69, 9.17) is 4.74 Å². The third-order valence-electron chi connectivity index (χ3n) is 4.01. The fourth-order valence-corrected chi connectivity index (χ4v) is 2.62. The summed E-state index contributed by atoms with van der Waals surface area (Å²) in [4.78, 5) is 16.6. The molecule has 0 aromatic heterocycles. The first-order chi connectivity index (χ1) is 13.3. The molecule has 0 saturated heterocycles. The molecule has 0 unspecified atom stereocenters. The molecule has 27 heavy (non-hydrogen) atoms. The van der Waals surface area contributed by atoms with Gasteiger partial charge in [0.05, 0.1) is 5.69 Å². The summed E-state index contributed by atoms with van der Waals surface area (Å²) < 4.78 is 17.2. The van der Waals surface area contributed by atoms with Gasteiger partial charge >= 0.3 is 0 Å². The summed E-state index contributed by atoms with van der Waals surface area (Å²) in [5, 5.41) is 0. The number of Topliss-reactive ketones (excluding diaryl/α,β-unsaturated/α-hetero) is 1. The maximum atomic E-state index is 12.3. The average Bonchev–Trinajstić information content (AvgIpc) is 2.74. The first-order valence-electron chi connectivity index (χ1n) is 8.76. The number of carbonyl (C=O) groups excluding carboxylic acids is 1. The van der Waals surface area contributed by atoms with Gasteiger partial charge in [-0.15, -0.1) is 0 Å². The van der Waals surface area contributed by atoms with Crippen molar-refractivity contribution in [1.29, 1.82) is 0 Å². The van der Waals surface area contributed by atoms with Gasteiger partial charge in [0.2, 0.25) is 0 Å². The molecule has 0 N–H and O–H groups in total. The van der Waals surface area contributed by atoms with Crippen LogP contribution in [0, 0.1) is 0 Å². The van der Waals surface area contributed by atoms with Crippen LogP contribution in [0.4, 0.5) is 10.1 Å². The van der Waals surface area contributed by atoms with E-state index in [1.165, 1.54) is 0 Å². The van der Waals surface area contributed by atoms with Crippen molar-refractivity contribution in [2.45, 2.75) is 6.42 Å². The summed E-state index contributed by atoms with van der Waals surface area (Å²) in [5.74, 6) is 0.613. The van der Waals surface area contributed by atoms with Gasteiger partial charge in [-0.05, 0) is 35.4 Å². The normalized spacial score (nSPS) is 10.9. The zero-order valence-corrected chi connectivity index (χ0v) is 14.8. The minimum atomic E-state index is -0.520. The Morgan fingerprint density at radius 3 is 2.22 bits per heavy atom. The third kappa shape index (κ3) is 5.35. The summed E-state index contributed by atoms with van der Waals surface area (Å²) in [5.41, 5.74) is 3.58. The van der Waals surface area contributed by atoms with Crippen LogP contribution in [0.15, 0.2) is 83.9 Å². The van der Waals surface area contributed by atoms with Crippen molar-refractivity contribution in [1.82, 2.24) is 0 Å². The van der Waals surface area contributed by atoms with Crippen LogP contribution in [0.3, 0.4) is 0 Å². The molecule has 0 bridgehead atoms. The molecule has 0 amide bonds. The van der Waals surface area contributed by atoms with Gasteiger partial charge in [-0.25, -0.2) is 4.39 Å². The molecule has 136 valence electrons. The highest BCUT2D eigenvalue weighted by Gasteiger charge is 2.05. The Morgan fingerprint density at radius 2 is 1.56 bits per heavy atom. The third-order valence-corrected chi connectivity index (χ3v) is 4.01. The number of ketones is 1. The van der Waals surface area contributed by atoms with Gasteiger partial charge in [-0.3, -0.25) is 9.79 Å². The second kappa shape index (κ2) is 9.43. The van der Waals surface area contributed by atoms with Crippen molar-refractivity contribution < 1.29 is 13.9 Å². The van der Waals surface area contributed by atoms with Crippen LogP contribution >= 0.6 is 0 Å². The first-order valence-corrected chi connectivity index (χ1v) is 8.76. The summed E-state index contributed by atoms with van der Waals surface area (Å²) in [6.07, 6.45) is 1.83. The van der Waals surface area contributed by atoms with E-state index in [-0.39, 0.29) is 18.8 Å². The number of rotatable bonds is 8. The van der Waals surface area contributed by atoms with E-state index < -0.39 is 6.67 Å². The van der Waals surface area contributed by atoms with Crippen molar-refractivity contribution in [3.05, 3.63) is 84.4 Å². The Hall–Kier alpha value is -3.27. The van der Waals surface area contributed by atoms with E-state index in [2.05, 4.69) is 4.99 Å². The molecule has 0 fully saturated rings. The monoisotopic (exact) mass is 360 g/mol. The maximum absolute atomic E-state index is 12.3. The molecule has 0 aliphatic carbocycles. The minimum absolute atomic E-state index is 0.0151. The van der Waals surface area contributed by atoms with Crippen LogP contribution in [0.1, 0.15) is 16.8 Å². The molecule has 0 radical (unpaired) electrons. The van der Waals surface area contributed by atoms with Crippen LogP contribution in [0.25, 0.3) is 11.1 Å². The summed E-state index contributed by atoms with van der Waals surface area (Å²) in [7, 11) is 0. The summed E-state index contributed by atoms with van der Waals surface area (Å²) in [6.45, 7) is -0.478. The highest BCUT2D eigenvalue weighted by atomic mass is 18.2. The van der Waals surface area contributed by atoms with E-state index in [1.807, 2.05) is 54.6 Å². The lowest BCUT2D eigenvalue weighted by molar-refractivity contribution is 0.100. The smallest absolute Gasteiger partial charge is 0.168 e. The quantitative estimate of drug-likeness (QED) is 0.383. The molecule has 3 nitrogen and oxygen atoms in total. The van der Waals surface area contributed by atoms with Crippen LogP contribution in [0.5, 0.6) is 5.75 Å². The molecule has 0 spiro atoms. The Balaban J connectivity index is 1.56. The van der Waals surface area contributed by atoms with Crippen LogP contribution < -0.4 is 4.74 Å². The molecule has 3 aromatic carbocycles. The van der Waals surface area contributed by atoms with Gasteiger partial charge in [-0.1, -0.05) is 54.6 Å². The topological polar surface area (TPSA) is 38.7 Å². The molecule has 0 aliphatic rings. The van der Waals surface area contributed by atoms with Crippen LogP contribution in [-0.2, 0) is 0 Å². The average molecular weight is 360 g/mol. The van der Waals surface area contributed by atoms with E-state index in [0.29, 0.717) is 11.3 Å². The van der Waals surface area contributed by atoms with Crippen LogP contribution in [-0.4, -0.2) is 25.3 Å². The lowest BCUT2D eigenvalue weighted by atomic mass is 10.0. The molecule has 3 rings (SSSR count). The van der Waals surface area contributed by atoms with Crippen molar-refractivity contribution in [3.8, 4) is 16.9 Å². The lowest BCUT2D eigenvalue weighted by Gasteiger charge is -2.03. The van der Waals surface area contributed by atoms with Crippen molar-refractivity contribution in [2.24, 2.45) is 4.99 Å². The van der Waals surface area contributed by atoms with E-state index in [0.717, 1.165) is 16.8 Å². The van der Waals surface area contributed by atoms with Gasteiger partial charge in [-0.2, -0.15) is 0 Å². The summed E-state index contributed by atoms with van der Waals surface area (Å²) in [6, 6.07) is 24.6. The minimum Gasteiger partial charge on any atom is -0.491 e. The number of halogens is 1. The van der Waals surface area contributed by atoms with Gasteiger partial charge in [0.15, 0.2) is 5.78 Å². The van der Waals surface area contributed by atoms with Crippen LogP contribution in [0.2, 0.25) is 0 Å². The summed E-state index contributed by atoms with van der Waals surface area (Å²) >= 11 is 0. The number of aliphatic imine (C=N–C) groups is 1. The fraction of sp³-hybridized carbons (Fsp3) is 0.130. The highest BCUT2D eigenvalue weighted by molar-refractivity contribution is 6.04. The zero-order chi connectivity index (χ0) is 18.9. The van der Waals surface area contributed by atoms with Gasteiger partial charge in [0, 0.05) is 18.2 Å². The number of hydrogen-bond acceptors (Lipinski definition) is 3. The van der Waals surface area contributed by atoms with E-state index >= 15 is 0 Å². The second-order valence-electron chi connectivity index (χ2n) is 5.91. The molecule has 3 aromatic rings. The number of benzene rings is 3. The predicted molar refractivity (Wildman–Crippen MR) is 107 cm³/mol. The van der Waals surface area contributed by atoms with Crippen molar-refractivity contribution in [3.63, 3.8) is 0 Å². The molecular weight excluding hydrogens is 340 g/mol. The number of carbonyl (C=O) groups is 1. The van der Waals surface area contributed by atoms with E-state index in [1.54, 1.807) is 30.5 Å². The van der Waals surface area contributed by atoms with Gasteiger partial charge in [0.1, 0.15) is 19.0 Å². The Morgan fingerprint density at radius 1 is 0.889 bits per heavy atom. The van der Waals surface area contributed by atoms with Crippen molar-refractivity contribution in [2.75, 3.05) is 13.3 Å². The Bertz CT molecular complexity index is 888. The molecular formula is C23H20FNO2. The molecule has 0 saturated carbocycles. The molecule has 4 heteroatoms. The lowest BCUT2D eigenvalue weighted by Crippen LogP contribution is -1.99. The highest BCUT2D eigenvalue weighted by Crippen LogP contribution is 2.20. The van der Waals surface area contributed by atoms with Crippen molar-refractivity contribution >= 4 is 17.7 Å². The molecule has 0 atom stereocenters. The van der Waals surface area contributed by atoms with E-state index in [9.17, 15) is 9.18 Å². The Labute approximate surface area is 158 Å². The van der Waals surface area contributed by atoms with Gasteiger partial charge < -0.3 is 4.74 Å². The largest absolute Gasteiger partial charge is 0.491 e. The fourth-order valence-electron chi connectivity index (χ4n) is 2.62. The Kier molecular flexibility index (Phi) is 6.47. The van der Waals surface area contributed by atoms with Gasteiger partial charge in [0.25, 0.3) is 0 Å². The zero-order valence-electron chi connectivity index (χ0n) is 14.8. The molecule has 0 heterocycles. The first kappa shape index (κ1) is 18.5. The number of nitrogens with zero attached hydrogens (tertiary/aromatic N) is 1. The second-order valence-corrected chi connectivity index (χ2v) is 5.91. The predicted octanol–water partition coefficient (Wildman–Crippen LogP) is 5.68. The molecule has 0 aliphatic heterocycles. The SMILES string of the molecule is O=C(CC=Nc1ccc(OCC[18F])cc1)c1ccc(-c2ccccc2)cc1. The number of alkyl halides is 1.